The van der Waals surface area contributed by atoms with Gasteiger partial charge >= 0.3 is 0 Å². The van der Waals surface area contributed by atoms with Crippen molar-refractivity contribution in [2.24, 2.45) is 5.73 Å². The van der Waals surface area contributed by atoms with Gasteiger partial charge in [0, 0.05) is 0 Å². The van der Waals surface area contributed by atoms with Gasteiger partial charge in [0.25, 0.3) is 0 Å². The Bertz CT molecular complexity index is 171. The number of hydrogen-bond donors (Lipinski definition) is 1. The Balaban J connectivity index is 2.92. The summed E-state index contributed by atoms with van der Waals surface area (Å²) in [5.41, 5.74) is 5.66. The van der Waals surface area contributed by atoms with Crippen LogP contribution in [0.5, 0.6) is 0 Å². The summed E-state index contributed by atoms with van der Waals surface area (Å²) >= 11 is 3.39. The first kappa shape index (κ1) is 20.4. The summed E-state index contributed by atoms with van der Waals surface area (Å²) in [5, 5.41) is 0. The van der Waals surface area contributed by atoms with Gasteiger partial charge in [0.2, 0.25) is 0 Å². The summed E-state index contributed by atoms with van der Waals surface area (Å²) < 4.78 is 0. The van der Waals surface area contributed by atoms with Gasteiger partial charge in [0.1, 0.15) is 0 Å². The monoisotopic (exact) mass is 347 g/mol. The van der Waals surface area contributed by atoms with E-state index in [9.17, 15) is 0 Å². The first-order valence-corrected chi connectivity index (χ1v) is 10.1. The first-order chi connectivity index (χ1) is 9.77. The molecule has 0 amide bonds. The van der Waals surface area contributed by atoms with Crippen LogP contribution < -0.4 is 5.73 Å². The Hall–Kier alpha value is 0.440. The van der Waals surface area contributed by atoms with Crippen molar-refractivity contribution < 1.29 is 0 Å². The summed E-state index contributed by atoms with van der Waals surface area (Å²) in [4.78, 5) is 0.212. The van der Waals surface area contributed by atoms with E-state index in [1.54, 1.807) is 0 Å². The Kier molecular flexibility index (Phi) is 17.9. The first-order valence-electron chi connectivity index (χ1n) is 9.17. The highest BCUT2D eigenvalue weighted by Crippen LogP contribution is 2.14. The van der Waals surface area contributed by atoms with Crippen molar-refractivity contribution in [2.45, 2.75) is 115 Å². The molecule has 0 aromatic heterocycles. The lowest BCUT2D eigenvalue weighted by atomic mass is 10.0. The van der Waals surface area contributed by atoms with Crippen molar-refractivity contribution in [3.05, 3.63) is 0 Å². The molecular formula is C18H38BrN. The molecule has 0 fully saturated rings. The second kappa shape index (κ2) is 17.5. The van der Waals surface area contributed by atoms with Crippen LogP contribution in [0.25, 0.3) is 0 Å². The summed E-state index contributed by atoms with van der Waals surface area (Å²) in [5.74, 6) is 0. The molecule has 0 aliphatic rings. The smallest absolute Gasteiger partial charge is 0.0605 e. The van der Waals surface area contributed by atoms with Gasteiger partial charge < -0.3 is 5.73 Å². The second-order valence-electron chi connectivity index (χ2n) is 6.25. The van der Waals surface area contributed by atoms with E-state index >= 15 is 0 Å². The molecule has 0 bridgehead atoms. The van der Waals surface area contributed by atoms with Crippen LogP contribution in [0.1, 0.15) is 110 Å². The number of rotatable bonds is 16. The lowest BCUT2D eigenvalue weighted by Crippen LogP contribution is -2.09. The van der Waals surface area contributed by atoms with E-state index in [0.717, 1.165) is 6.42 Å². The van der Waals surface area contributed by atoms with E-state index in [0.29, 0.717) is 0 Å². The van der Waals surface area contributed by atoms with Crippen molar-refractivity contribution in [1.29, 1.82) is 0 Å². The van der Waals surface area contributed by atoms with Crippen molar-refractivity contribution in [3.63, 3.8) is 0 Å². The fourth-order valence-electron chi connectivity index (χ4n) is 2.71. The Morgan fingerprint density at radius 2 is 0.900 bits per heavy atom. The Morgan fingerprint density at radius 1 is 0.600 bits per heavy atom. The van der Waals surface area contributed by atoms with Gasteiger partial charge in [0.15, 0.2) is 0 Å². The molecule has 0 aliphatic heterocycles. The summed E-state index contributed by atoms with van der Waals surface area (Å²) in [6.07, 6.45) is 22.5. The summed E-state index contributed by atoms with van der Waals surface area (Å²) in [7, 11) is 0. The van der Waals surface area contributed by atoms with Crippen LogP contribution >= 0.6 is 15.9 Å². The number of nitrogens with two attached hydrogens (primary N) is 1. The van der Waals surface area contributed by atoms with Crippen molar-refractivity contribution in [3.8, 4) is 0 Å². The van der Waals surface area contributed by atoms with E-state index < -0.39 is 0 Å². The van der Waals surface area contributed by atoms with E-state index in [-0.39, 0.29) is 4.95 Å². The molecule has 0 radical (unpaired) electrons. The predicted molar refractivity (Wildman–Crippen MR) is 96.4 cm³/mol. The van der Waals surface area contributed by atoms with Crippen LogP contribution in [0, 0.1) is 0 Å². The van der Waals surface area contributed by atoms with Crippen LogP contribution in [0.3, 0.4) is 0 Å². The van der Waals surface area contributed by atoms with E-state index in [4.69, 9.17) is 5.73 Å². The zero-order valence-electron chi connectivity index (χ0n) is 13.8. The molecule has 0 heterocycles. The second-order valence-corrected chi connectivity index (χ2v) is 7.43. The summed E-state index contributed by atoms with van der Waals surface area (Å²) in [6.45, 7) is 2.29. The fraction of sp³-hybridized carbons (Fsp3) is 1.00. The van der Waals surface area contributed by atoms with Crippen LogP contribution in [0.4, 0.5) is 0 Å². The highest BCUT2D eigenvalue weighted by molar-refractivity contribution is 9.09. The normalized spacial score (nSPS) is 12.8. The maximum Gasteiger partial charge on any atom is 0.0605 e. The van der Waals surface area contributed by atoms with Gasteiger partial charge in [-0.2, -0.15) is 0 Å². The van der Waals surface area contributed by atoms with Crippen molar-refractivity contribution in [2.75, 3.05) is 0 Å². The molecule has 122 valence electrons. The highest BCUT2D eigenvalue weighted by atomic mass is 79.9. The van der Waals surface area contributed by atoms with Gasteiger partial charge in [-0.1, -0.05) is 119 Å². The standard InChI is InChI=1S/C18H38BrN/c1-2-3-4-5-6-7-8-9-10-11-12-13-14-15-16-17-18(19)20/h18H,2-17,20H2,1H3. The molecule has 1 atom stereocenters. The molecule has 0 aliphatic carbocycles. The van der Waals surface area contributed by atoms with Gasteiger partial charge in [-0.15, -0.1) is 0 Å². The molecule has 0 aromatic rings. The molecule has 2 N–H and O–H groups in total. The van der Waals surface area contributed by atoms with Crippen LogP contribution in [-0.4, -0.2) is 4.95 Å². The maximum absolute atomic E-state index is 5.66. The van der Waals surface area contributed by atoms with Crippen LogP contribution in [0.15, 0.2) is 0 Å². The van der Waals surface area contributed by atoms with Gasteiger partial charge in [-0.3, -0.25) is 0 Å². The average Bonchev–Trinajstić information content (AvgIpc) is 2.43. The minimum absolute atomic E-state index is 0.212. The third-order valence-corrected chi connectivity index (χ3v) is 4.54. The topological polar surface area (TPSA) is 26.0 Å². The molecule has 0 saturated heterocycles. The minimum Gasteiger partial charge on any atom is -0.319 e. The quantitative estimate of drug-likeness (QED) is 0.183. The molecule has 2 heteroatoms. The highest BCUT2D eigenvalue weighted by Gasteiger charge is 1.96. The van der Waals surface area contributed by atoms with E-state index in [1.807, 2.05) is 0 Å². The Labute approximate surface area is 136 Å². The lowest BCUT2D eigenvalue weighted by Gasteiger charge is -2.04. The SMILES string of the molecule is CCCCCCCCCCCCCCCCCC(N)Br. The van der Waals surface area contributed by atoms with Gasteiger partial charge in [0.05, 0.1) is 4.95 Å². The molecule has 0 saturated carbocycles. The largest absolute Gasteiger partial charge is 0.319 e. The van der Waals surface area contributed by atoms with Crippen LogP contribution in [0.2, 0.25) is 0 Å². The zero-order valence-corrected chi connectivity index (χ0v) is 15.4. The maximum atomic E-state index is 5.66. The molecule has 0 spiro atoms. The molecule has 1 nitrogen and oxygen atoms in total. The molecule has 20 heavy (non-hydrogen) atoms. The van der Waals surface area contributed by atoms with Crippen molar-refractivity contribution in [1.82, 2.24) is 0 Å². The predicted octanol–water partition coefficient (Wildman–Crippen LogP) is 6.93. The Morgan fingerprint density at radius 3 is 1.20 bits per heavy atom. The lowest BCUT2D eigenvalue weighted by molar-refractivity contribution is 0.529. The van der Waals surface area contributed by atoms with Crippen molar-refractivity contribution >= 4 is 15.9 Å². The zero-order chi connectivity index (χ0) is 14.9. The minimum atomic E-state index is 0.212. The third-order valence-electron chi connectivity index (χ3n) is 4.08. The van der Waals surface area contributed by atoms with E-state index in [1.165, 1.54) is 96.3 Å². The van der Waals surface area contributed by atoms with Crippen LogP contribution in [-0.2, 0) is 0 Å². The fourth-order valence-corrected chi connectivity index (χ4v) is 3.03. The number of hydrogen-bond acceptors (Lipinski definition) is 1. The van der Waals surface area contributed by atoms with Gasteiger partial charge in [-0.25, -0.2) is 0 Å². The number of unbranched alkanes of at least 4 members (excludes halogenated alkanes) is 14. The molecule has 0 rings (SSSR count). The molecular weight excluding hydrogens is 310 g/mol. The molecule has 1 unspecified atom stereocenters. The average molecular weight is 348 g/mol. The number of alkyl halides is 1. The number of halogens is 1. The van der Waals surface area contributed by atoms with Gasteiger partial charge in [-0.05, 0) is 6.42 Å². The third kappa shape index (κ3) is 18.4. The molecule has 0 aromatic carbocycles. The van der Waals surface area contributed by atoms with E-state index in [2.05, 4.69) is 22.9 Å². The summed E-state index contributed by atoms with van der Waals surface area (Å²) in [6, 6.07) is 0.